The van der Waals surface area contributed by atoms with E-state index in [2.05, 4.69) is 34.9 Å². The van der Waals surface area contributed by atoms with Crippen molar-refractivity contribution in [2.24, 2.45) is 0 Å². The van der Waals surface area contributed by atoms with E-state index in [-0.39, 0.29) is 0 Å². The third-order valence-electron chi connectivity index (χ3n) is 2.92. The normalized spacial score (nSPS) is 12.9. The lowest BCUT2D eigenvalue weighted by Gasteiger charge is -2.10. The van der Waals surface area contributed by atoms with Crippen LogP contribution in [-0.4, -0.2) is 14.9 Å². The first-order chi connectivity index (χ1) is 8.97. The van der Waals surface area contributed by atoms with Crippen LogP contribution >= 0.6 is 27.5 Å². The van der Waals surface area contributed by atoms with Gasteiger partial charge >= 0.3 is 0 Å². The first kappa shape index (κ1) is 14.6. The summed E-state index contributed by atoms with van der Waals surface area (Å²) >= 11 is 9.30. The number of aromatic nitrogens is 2. The summed E-state index contributed by atoms with van der Waals surface area (Å²) in [5.74, 6) is 0. The topological polar surface area (TPSA) is 38.0 Å². The van der Waals surface area contributed by atoms with Crippen LogP contribution in [-0.2, 0) is 6.42 Å². The molecule has 0 radical (unpaired) electrons. The highest BCUT2D eigenvalue weighted by atomic mass is 79.9. The summed E-state index contributed by atoms with van der Waals surface area (Å²) in [4.78, 5) is 0. The Bertz CT molecular complexity index is 568. The van der Waals surface area contributed by atoms with Crippen LogP contribution in [0.2, 0.25) is 5.02 Å². The Morgan fingerprint density at radius 1 is 1.37 bits per heavy atom. The van der Waals surface area contributed by atoms with Gasteiger partial charge in [-0.15, -0.1) is 0 Å². The second-order valence-electron chi connectivity index (χ2n) is 4.77. The minimum Gasteiger partial charge on any atom is -0.388 e. The summed E-state index contributed by atoms with van der Waals surface area (Å²) in [5, 5.41) is 15.3. The molecule has 1 heterocycles. The summed E-state index contributed by atoms with van der Waals surface area (Å²) in [5.41, 5.74) is 1.71. The molecule has 0 aliphatic rings. The molecule has 102 valence electrons. The number of hydrogen-bond acceptors (Lipinski definition) is 2. The van der Waals surface area contributed by atoms with Gasteiger partial charge in [-0.05, 0) is 53.5 Å². The average molecular weight is 344 g/mol. The van der Waals surface area contributed by atoms with Crippen molar-refractivity contribution >= 4 is 27.5 Å². The van der Waals surface area contributed by atoms with Crippen LogP contribution in [0.1, 0.15) is 37.3 Å². The summed E-state index contributed by atoms with van der Waals surface area (Å²) < 4.78 is 2.68. The third-order valence-corrected chi connectivity index (χ3v) is 4.14. The van der Waals surface area contributed by atoms with Crippen molar-refractivity contribution in [2.75, 3.05) is 0 Å². The van der Waals surface area contributed by atoms with E-state index in [1.807, 2.05) is 29.1 Å². The molecule has 0 saturated carbocycles. The minimum absolute atomic E-state index is 0.329. The fraction of sp³-hybridized carbons (Fsp3) is 0.357. The molecule has 1 atom stereocenters. The maximum atomic E-state index is 10.2. The lowest BCUT2D eigenvalue weighted by atomic mass is 10.1. The smallest absolute Gasteiger partial charge is 0.0846 e. The maximum absolute atomic E-state index is 10.2. The molecule has 0 spiro atoms. The SMILES string of the molecule is CC(C)n1ccc(CC(O)c2ccc(Cl)c(Br)c2)n1. The van der Waals surface area contributed by atoms with Crippen LogP contribution in [0.5, 0.6) is 0 Å². The van der Waals surface area contributed by atoms with Gasteiger partial charge in [-0.2, -0.15) is 5.10 Å². The van der Waals surface area contributed by atoms with E-state index in [1.165, 1.54) is 0 Å². The van der Waals surface area contributed by atoms with E-state index in [1.54, 1.807) is 6.07 Å². The summed E-state index contributed by atoms with van der Waals surface area (Å²) in [6.45, 7) is 4.15. The molecule has 0 aliphatic carbocycles. The van der Waals surface area contributed by atoms with Crippen LogP contribution in [0.3, 0.4) is 0 Å². The van der Waals surface area contributed by atoms with Crippen LogP contribution in [0.25, 0.3) is 0 Å². The van der Waals surface area contributed by atoms with Crippen LogP contribution < -0.4 is 0 Å². The van der Waals surface area contributed by atoms with Gasteiger partial charge in [-0.25, -0.2) is 0 Å². The van der Waals surface area contributed by atoms with Crippen molar-refractivity contribution in [2.45, 2.75) is 32.4 Å². The quantitative estimate of drug-likeness (QED) is 0.905. The fourth-order valence-corrected chi connectivity index (χ4v) is 2.32. The Labute approximate surface area is 126 Å². The highest BCUT2D eigenvalue weighted by molar-refractivity contribution is 9.10. The number of aliphatic hydroxyl groups is 1. The molecule has 0 aliphatic heterocycles. The highest BCUT2D eigenvalue weighted by Gasteiger charge is 2.12. The van der Waals surface area contributed by atoms with E-state index >= 15 is 0 Å². The molecule has 0 fully saturated rings. The molecule has 0 saturated heterocycles. The third kappa shape index (κ3) is 3.59. The maximum Gasteiger partial charge on any atom is 0.0846 e. The van der Waals surface area contributed by atoms with Crippen molar-refractivity contribution in [1.82, 2.24) is 9.78 Å². The number of rotatable bonds is 4. The molecular weight excluding hydrogens is 328 g/mol. The zero-order valence-corrected chi connectivity index (χ0v) is 13.2. The van der Waals surface area contributed by atoms with Crippen LogP contribution in [0, 0.1) is 0 Å². The van der Waals surface area contributed by atoms with Crippen LogP contribution in [0.4, 0.5) is 0 Å². The molecule has 0 amide bonds. The van der Waals surface area contributed by atoms with Crippen molar-refractivity contribution in [3.05, 3.63) is 51.2 Å². The number of hydrogen-bond donors (Lipinski definition) is 1. The van der Waals surface area contributed by atoms with Crippen molar-refractivity contribution < 1.29 is 5.11 Å². The van der Waals surface area contributed by atoms with Crippen LogP contribution in [0.15, 0.2) is 34.9 Å². The van der Waals surface area contributed by atoms with E-state index in [0.717, 1.165) is 15.7 Å². The van der Waals surface area contributed by atoms with Gasteiger partial charge in [0.25, 0.3) is 0 Å². The molecule has 1 aromatic carbocycles. The molecule has 2 rings (SSSR count). The van der Waals surface area contributed by atoms with Gasteiger partial charge in [0.1, 0.15) is 0 Å². The summed E-state index contributed by atoms with van der Waals surface area (Å²) in [6.07, 6.45) is 1.85. The molecule has 0 bridgehead atoms. The predicted molar refractivity (Wildman–Crippen MR) is 80.4 cm³/mol. The van der Waals surface area contributed by atoms with Gasteiger partial charge in [0.05, 0.1) is 16.8 Å². The zero-order valence-electron chi connectivity index (χ0n) is 10.8. The Kier molecular flexibility index (Phi) is 4.66. The number of aliphatic hydroxyl groups excluding tert-OH is 1. The van der Waals surface area contributed by atoms with E-state index < -0.39 is 6.10 Å². The highest BCUT2D eigenvalue weighted by Crippen LogP contribution is 2.27. The summed E-state index contributed by atoms with van der Waals surface area (Å²) in [6, 6.07) is 7.71. The van der Waals surface area contributed by atoms with Crippen molar-refractivity contribution in [1.29, 1.82) is 0 Å². The number of halogens is 2. The number of benzene rings is 1. The standard InChI is InChI=1S/C14H16BrClN2O/c1-9(2)18-6-5-11(17-18)8-14(19)10-3-4-13(16)12(15)7-10/h3-7,9,14,19H,8H2,1-2H3. The molecular formula is C14H16BrClN2O. The molecule has 2 aromatic rings. The molecule has 19 heavy (non-hydrogen) atoms. The monoisotopic (exact) mass is 342 g/mol. The second kappa shape index (κ2) is 6.07. The Morgan fingerprint density at radius 2 is 2.11 bits per heavy atom. The molecule has 1 unspecified atom stereocenters. The largest absolute Gasteiger partial charge is 0.388 e. The van der Waals surface area contributed by atoms with Crippen molar-refractivity contribution in [3.63, 3.8) is 0 Å². The van der Waals surface area contributed by atoms with Crippen molar-refractivity contribution in [3.8, 4) is 0 Å². The Morgan fingerprint density at radius 3 is 2.68 bits per heavy atom. The van der Waals surface area contributed by atoms with Gasteiger partial charge in [0.2, 0.25) is 0 Å². The number of nitrogens with zero attached hydrogens (tertiary/aromatic N) is 2. The Balaban J connectivity index is 2.11. The summed E-state index contributed by atoms with van der Waals surface area (Å²) in [7, 11) is 0. The molecule has 5 heteroatoms. The molecule has 3 nitrogen and oxygen atoms in total. The lowest BCUT2D eigenvalue weighted by molar-refractivity contribution is 0.177. The van der Waals surface area contributed by atoms with Gasteiger partial charge in [-0.3, -0.25) is 4.68 Å². The lowest BCUT2D eigenvalue weighted by Crippen LogP contribution is -2.05. The Hall–Kier alpha value is -0.840. The zero-order chi connectivity index (χ0) is 14.0. The fourth-order valence-electron chi connectivity index (χ4n) is 1.81. The van der Waals surface area contributed by atoms with Gasteiger partial charge < -0.3 is 5.11 Å². The second-order valence-corrected chi connectivity index (χ2v) is 6.04. The first-order valence-corrected chi connectivity index (χ1v) is 7.31. The predicted octanol–water partition coefficient (Wildman–Crippen LogP) is 4.16. The molecule has 1 aromatic heterocycles. The minimum atomic E-state index is -0.580. The van der Waals surface area contributed by atoms with Gasteiger partial charge in [-0.1, -0.05) is 17.7 Å². The van der Waals surface area contributed by atoms with E-state index in [0.29, 0.717) is 17.5 Å². The van der Waals surface area contributed by atoms with E-state index in [9.17, 15) is 5.11 Å². The molecule has 1 N–H and O–H groups in total. The van der Waals surface area contributed by atoms with E-state index in [4.69, 9.17) is 11.6 Å². The average Bonchev–Trinajstić information content (AvgIpc) is 2.81. The van der Waals surface area contributed by atoms with Gasteiger partial charge in [0, 0.05) is 23.1 Å². The van der Waals surface area contributed by atoms with Gasteiger partial charge in [0.15, 0.2) is 0 Å². The first-order valence-electron chi connectivity index (χ1n) is 6.14.